The van der Waals surface area contributed by atoms with E-state index in [2.05, 4.69) is 29.6 Å². The van der Waals surface area contributed by atoms with E-state index in [-0.39, 0.29) is 5.91 Å². The van der Waals surface area contributed by atoms with Gasteiger partial charge in [0.25, 0.3) is 0 Å². The molecule has 0 atom stereocenters. The molecule has 1 saturated carbocycles. The van der Waals surface area contributed by atoms with Crippen molar-refractivity contribution < 1.29 is 4.79 Å². The molecule has 0 bridgehead atoms. The van der Waals surface area contributed by atoms with Gasteiger partial charge < -0.3 is 10.6 Å². The van der Waals surface area contributed by atoms with Gasteiger partial charge in [-0.2, -0.15) is 5.10 Å². The van der Waals surface area contributed by atoms with Crippen LogP contribution in [0.5, 0.6) is 0 Å². The summed E-state index contributed by atoms with van der Waals surface area (Å²) in [4.78, 5) is 12.7. The fourth-order valence-electron chi connectivity index (χ4n) is 3.06. The molecule has 3 rings (SSSR count). The number of carbonyl (C=O) groups excluding carboxylic acids is 1. The molecule has 2 aromatic rings. The monoisotopic (exact) mass is 374 g/mol. The highest BCUT2D eigenvalue weighted by atomic mass is 35.5. The van der Waals surface area contributed by atoms with Crippen molar-refractivity contribution >= 4 is 28.9 Å². The van der Waals surface area contributed by atoms with Crippen LogP contribution in [0.4, 0.5) is 11.4 Å². The number of carbonyl (C=O) groups is 1. The summed E-state index contributed by atoms with van der Waals surface area (Å²) in [6.07, 6.45) is 2.65. The molecule has 0 aliphatic heterocycles. The molecule has 26 heavy (non-hydrogen) atoms. The van der Waals surface area contributed by atoms with Gasteiger partial charge >= 0.3 is 0 Å². The summed E-state index contributed by atoms with van der Waals surface area (Å²) < 4.78 is 2.00. The van der Waals surface area contributed by atoms with Crippen LogP contribution in [0.15, 0.2) is 18.2 Å². The van der Waals surface area contributed by atoms with Crippen LogP contribution in [0.2, 0.25) is 5.02 Å². The Morgan fingerprint density at radius 3 is 2.69 bits per heavy atom. The zero-order valence-electron chi connectivity index (χ0n) is 15.9. The van der Waals surface area contributed by atoms with Crippen LogP contribution >= 0.6 is 11.6 Å². The number of nitrogens with zero attached hydrogens (tertiary/aromatic N) is 2. The molecule has 6 heteroatoms. The average molecular weight is 375 g/mol. The summed E-state index contributed by atoms with van der Waals surface area (Å²) in [6, 6.07) is 6.07. The Morgan fingerprint density at radius 2 is 2.04 bits per heavy atom. The first-order valence-corrected chi connectivity index (χ1v) is 9.60. The predicted molar refractivity (Wildman–Crippen MR) is 107 cm³/mol. The maximum Gasteiger partial charge on any atom is 0.228 e. The SMILES string of the molecule is Cc1nn(CC(C)C)c(C)c1CC(=O)Nc1cc(Cl)ccc1NC1CC1. The third-order valence-corrected chi connectivity index (χ3v) is 4.83. The lowest BCUT2D eigenvalue weighted by molar-refractivity contribution is -0.115. The van der Waals surface area contributed by atoms with Gasteiger partial charge in [0.2, 0.25) is 5.91 Å². The summed E-state index contributed by atoms with van der Waals surface area (Å²) >= 11 is 6.12. The van der Waals surface area contributed by atoms with Gasteiger partial charge in [-0.1, -0.05) is 25.4 Å². The molecule has 0 saturated heterocycles. The molecule has 0 radical (unpaired) electrons. The van der Waals surface area contributed by atoms with Crippen LogP contribution in [0.25, 0.3) is 0 Å². The molecule has 1 aromatic carbocycles. The number of amides is 1. The van der Waals surface area contributed by atoms with Crippen molar-refractivity contribution in [3.63, 3.8) is 0 Å². The number of nitrogens with one attached hydrogen (secondary N) is 2. The fraction of sp³-hybridized carbons (Fsp3) is 0.500. The van der Waals surface area contributed by atoms with Gasteiger partial charge in [-0.3, -0.25) is 9.48 Å². The number of rotatable bonds is 7. The number of aromatic nitrogens is 2. The van der Waals surface area contributed by atoms with Gasteiger partial charge in [0.15, 0.2) is 0 Å². The number of aryl methyl sites for hydroxylation is 1. The van der Waals surface area contributed by atoms with Crippen molar-refractivity contribution in [3.8, 4) is 0 Å². The van der Waals surface area contributed by atoms with E-state index >= 15 is 0 Å². The van der Waals surface area contributed by atoms with Gasteiger partial charge in [-0.05, 0) is 50.8 Å². The van der Waals surface area contributed by atoms with Gasteiger partial charge in [0.05, 0.1) is 23.5 Å². The zero-order valence-corrected chi connectivity index (χ0v) is 16.7. The number of hydrogen-bond acceptors (Lipinski definition) is 3. The van der Waals surface area contributed by atoms with Crippen LogP contribution in [-0.2, 0) is 17.8 Å². The summed E-state index contributed by atoms with van der Waals surface area (Å²) in [5.74, 6) is 0.457. The van der Waals surface area contributed by atoms with Crippen LogP contribution in [0.1, 0.15) is 43.6 Å². The van der Waals surface area contributed by atoms with Crippen LogP contribution in [-0.4, -0.2) is 21.7 Å². The van der Waals surface area contributed by atoms with Crippen molar-refractivity contribution in [3.05, 3.63) is 40.2 Å². The topological polar surface area (TPSA) is 59.0 Å². The van der Waals surface area contributed by atoms with Crippen molar-refractivity contribution in [2.75, 3.05) is 10.6 Å². The lowest BCUT2D eigenvalue weighted by atomic mass is 10.1. The Morgan fingerprint density at radius 1 is 1.31 bits per heavy atom. The van der Waals surface area contributed by atoms with Crippen molar-refractivity contribution in [1.29, 1.82) is 0 Å². The van der Waals surface area contributed by atoms with Crippen molar-refractivity contribution in [2.45, 2.75) is 59.5 Å². The minimum absolute atomic E-state index is 0.0542. The van der Waals surface area contributed by atoms with E-state index in [1.54, 1.807) is 6.07 Å². The summed E-state index contributed by atoms with van der Waals surface area (Å²) in [6.45, 7) is 9.18. The molecule has 5 nitrogen and oxygen atoms in total. The highest BCUT2D eigenvalue weighted by molar-refractivity contribution is 6.31. The summed E-state index contributed by atoms with van der Waals surface area (Å²) in [5, 5.41) is 11.7. The molecule has 0 spiro atoms. The fourth-order valence-corrected chi connectivity index (χ4v) is 3.23. The van der Waals surface area contributed by atoms with Gasteiger partial charge in [0, 0.05) is 28.9 Å². The molecule has 1 amide bonds. The summed E-state index contributed by atoms with van der Waals surface area (Å²) in [5.41, 5.74) is 4.64. The molecule has 1 aliphatic rings. The predicted octanol–water partition coefficient (Wildman–Crippen LogP) is 4.56. The quantitative estimate of drug-likeness (QED) is 0.746. The number of hydrogen-bond donors (Lipinski definition) is 2. The number of anilines is 2. The Labute approximate surface area is 160 Å². The third-order valence-electron chi connectivity index (χ3n) is 4.60. The normalized spacial score (nSPS) is 13.9. The highest BCUT2D eigenvalue weighted by Gasteiger charge is 2.22. The van der Waals surface area contributed by atoms with Gasteiger partial charge in [0.1, 0.15) is 0 Å². The highest BCUT2D eigenvalue weighted by Crippen LogP contribution is 2.31. The molecule has 0 unspecified atom stereocenters. The first-order valence-electron chi connectivity index (χ1n) is 9.22. The first-order chi connectivity index (χ1) is 12.3. The van der Waals surface area contributed by atoms with Gasteiger partial charge in [-0.15, -0.1) is 0 Å². The first kappa shape index (κ1) is 18.8. The Hall–Kier alpha value is -2.01. The minimum Gasteiger partial charge on any atom is -0.381 e. The molecule has 1 aromatic heterocycles. The largest absolute Gasteiger partial charge is 0.381 e. The Kier molecular flexibility index (Phi) is 5.56. The maximum absolute atomic E-state index is 12.7. The van der Waals surface area contributed by atoms with E-state index in [0.717, 1.165) is 34.9 Å². The molecule has 140 valence electrons. The van der Waals surface area contributed by atoms with Gasteiger partial charge in [-0.25, -0.2) is 0 Å². The summed E-state index contributed by atoms with van der Waals surface area (Å²) in [7, 11) is 0. The van der Waals surface area contributed by atoms with Crippen molar-refractivity contribution in [1.82, 2.24) is 9.78 Å². The van der Waals surface area contributed by atoms with Crippen LogP contribution in [0.3, 0.4) is 0 Å². The van der Waals surface area contributed by atoms with E-state index < -0.39 is 0 Å². The molecule has 2 N–H and O–H groups in total. The second-order valence-electron chi connectivity index (χ2n) is 7.56. The molecular formula is C20H27ClN4O. The average Bonchev–Trinajstić information content (AvgIpc) is 3.33. The lowest BCUT2D eigenvalue weighted by Crippen LogP contribution is -2.17. The van der Waals surface area contributed by atoms with E-state index in [1.165, 1.54) is 12.8 Å². The number of halogens is 1. The van der Waals surface area contributed by atoms with E-state index in [0.29, 0.717) is 23.4 Å². The second-order valence-corrected chi connectivity index (χ2v) is 8.00. The second kappa shape index (κ2) is 7.70. The molecule has 1 fully saturated rings. The molecule has 1 heterocycles. The molecule has 1 aliphatic carbocycles. The van der Waals surface area contributed by atoms with Crippen molar-refractivity contribution in [2.24, 2.45) is 5.92 Å². The van der Waals surface area contributed by atoms with Crippen LogP contribution in [0, 0.1) is 19.8 Å². The van der Waals surface area contributed by atoms with E-state index in [9.17, 15) is 4.79 Å². The Bertz CT molecular complexity index is 808. The lowest BCUT2D eigenvalue weighted by Gasteiger charge is -2.13. The Balaban J connectivity index is 1.73. The zero-order chi connectivity index (χ0) is 18.8. The third kappa shape index (κ3) is 4.58. The minimum atomic E-state index is -0.0542. The number of benzene rings is 1. The van der Waals surface area contributed by atoms with E-state index in [4.69, 9.17) is 11.6 Å². The maximum atomic E-state index is 12.7. The molecular weight excluding hydrogens is 348 g/mol. The standard InChI is InChI=1S/C20H27ClN4O/c1-12(2)11-25-14(4)17(13(3)24-25)10-20(26)23-19-9-15(21)5-8-18(19)22-16-6-7-16/h5,8-9,12,16,22H,6-7,10-11H2,1-4H3,(H,23,26). The van der Waals surface area contributed by atoms with E-state index in [1.807, 2.05) is 30.7 Å². The smallest absolute Gasteiger partial charge is 0.228 e. The van der Waals surface area contributed by atoms with Crippen LogP contribution < -0.4 is 10.6 Å².